The molecule has 1 amide bonds. The number of aromatic nitrogens is 2. The summed E-state index contributed by atoms with van der Waals surface area (Å²) >= 11 is 1.85. The van der Waals surface area contributed by atoms with Crippen LogP contribution in [0, 0.1) is 0 Å². The Morgan fingerprint density at radius 3 is 2.76 bits per heavy atom. The number of likely N-dealkylation sites (N-methyl/N-ethyl adjacent to an activating group) is 1. The summed E-state index contributed by atoms with van der Waals surface area (Å²) in [6.07, 6.45) is 12.2. The van der Waals surface area contributed by atoms with E-state index in [2.05, 4.69) is 27.2 Å². The maximum atomic E-state index is 12.5. The van der Waals surface area contributed by atoms with E-state index in [0.717, 1.165) is 62.3 Å². The Hall–Kier alpha value is -1.73. The molecule has 1 saturated carbocycles. The topological polar surface area (TPSA) is 61.4 Å². The summed E-state index contributed by atoms with van der Waals surface area (Å²) in [6.45, 7) is 2.46. The quantitative estimate of drug-likeness (QED) is 0.813. The predicted octanol–water partition coefficient (Wildman–Crippen LogP) is 3.46. The van der Waals surface area contributed by atoms with Gasteiger partial charge in [-0.1, -0.05) is 0 Å². The van der Waals surface area contributed by atoms with Crippen LogP contribution in [-0.4, -0.2) is 64.4 Å². The van der Waals surface area contributed by atoms with Gasteiger partial charge in [0.1, 0.15) is 17.0 Å². The Morgan fingerprint density at radius 1 is 1.17 bits per heavy atom. The molecule has 156 valence electrons. The van der Waals surface area contributed by atoms with Gasteiger partial charge in [0, 0.05) is 30.1 Å². The number of anilines is 1. The zero-order chi connectivity index (χ0) is 19.8. The van der Waals surface area contributed by atoms with Gasteiger partial charge in [0.2, 0.25) is 5.91 Å². The van der Waals surface area contributed by atoms with E-state index in [4.69, 9.17) is 0 Å². The van der Waals surface area contributed by atoms with Crippen LogP contribution in [-0.2, 0) is 17.6 Å². The molecule has 29 heavy (non-hydrogen) atoms. The predicted molar refractivity (Wildman–Crippen MR) is 118 cm³/mol. The molecule has 0 unspecified atom stereocenters. The Morgan fingerprint density at radius 2 is 1.97 bits per heavy atom. The van der Waals surface area contributed by atoms with Crippen LogP contribution in [0.5, 0.6) is 0 Å². The summed E-state index contributed by atoms with van der Waals surface area (Å²) in [4.78, 5) is 28.6. The van der Waals surface area contributed by atoms with Crippen LogP contribution in [0.4, 0.5) is 5.82 Å². The molecule has 0 aromatic carbocycles. The van der Waals surface area contributed by atoms with Crippen molar-refractivity contribution in [3.8, 4) is 0 Å². The maximum absolute atomic E-state index is 12.5. The largest absolute Gasteiger partial charge is 0.367 e. The van der Waals surface area contributed by atoms with Crippen LogP contribution in [0.1, 0.15) is 55.4 Å². The van der Waals surface area contributed by atoms with Crippen molar-refractivity contribution in [2.45, 2.75) is 69.9 Å². The third-order valence-corrected chi connectivity index (χ3v) is 8.21. The molecule has 2 aliphatic carbocycles. The number of nitrogens with zero attached hydrogens (tertiary/aromatic N) is 4. The number of fused-ring (bicyclic) bond motifs is 3. The minimum atomic E-state index is 0.305. The van der Waals surface area contributed by atoms with Gasteiger partial charge >= 0.3 is 0 Å². The second kappa shape index (κ2) is 8.19. The number of hydrogen-bond donors (Lipinski definition) is 1. The van der Waals surface area contributed by atoms with Crippen LogP contribution in [0.2, 0.25) is 0 Å². The maximum Gasteiger partial charge on any atom is 0.236 e. The molecule has 2 aromatic rings. The first-order valence-corrected chi connectivity index (χ1v) is 12.0. The molecular formula is C22H31N5OS. The molecule has 1 saturated heterocycles. The van der Waals surface area contributed by atoms with Crippen LogP contribution >= 0.6 is 11.3 Å². The molecular weight excluding hydrogens is 382 g/mol. The molecule has 0 bridgehead atoms. The highest BCUT2D eigenvalue weighted by Gasteiger charge is 2.28. The second-order valence-electron chi connectivity index (χ2n) is 8.91. The van der Waals surface area contributed by atoms with Crippen molar-refractivity contribution in [3.63, 3.8) is 0 Å². The highest BCUT2D eigenvalue weighted by molar-refractivity contribution is 7.19. The summed E-state index contributed by atoms with van der Waals surface area (Å²) in [6, 6.07) is 0.972. The fraction of sp³-hybridized carbons (Fsp3) is 0.682. The molecule has 2 aromatic heterocycles. The summed E-state index contributed by atoms with van der Waals surface area (Å²) in [5.74, 6) is 1.34. The number of likely N-dealkylation sites (tertiary alicyclic amines) is 1. The minimum absolute atomic E-state index is 0.305. The lowest BCUT2D eigenvalue weighted by atomic mass is 9.90. The Labute approximate surface area is 176 Å². The van der Waals surface area contributed by atoms with Gasteiger partial charge in [0.25, 0.3) is 0 Å². The number of carbonyl (C=O) groups excluding carboxylic acids is 1. The third kappa shape index (κ3) is 3.87. The van der Waals surface area contributed by atoms with Gasteiger partial charge in [0.15, 0.2) is 0 Å². The Kier molecular flexibility index (Phi) is 5.43. The van der Waals surface area contributed by atoms with Crippen molar-refractivity contribution in [2.75, 3.05) is 32.0 Å². The molecule has 0 radical (unpaired) electrons. The van der Waals surface area contributed by atoms with Gasteiger partial charge in [-0.15, -0.1) is 11.3 Å². The number of amides is 1. The summed E-state index contributed by atoms with van der Waals surface area (Å²) in [7, 11) is 2.12. The van der Waals surface area contributed by atoms with Gasteiger partial charge in [-0.2, -0.15) is 0 Å². The van der Waals surface area contributed by atoms with Gasteiger partial charge in [-0.25, -0.2) is 9.97 Å². The van der Waals surface area contributed by atoms with E-state index >= 15 is 0 Å². The van der Waals surface area contributed by atoms with E-state index in [1.165, 1.54) is 35.1 Å². The fourth-order valence-electron chi connectivity index (χ4n) is 5.30. The SMILES string of the molecule is CN(CC(=O)N1CCCC1)C1CCC(Nc2ncnc3sc4c(c23)CCC4)CC1. The van der Waals surface area contributed by atoms with E-state index in [-0.39, 0.29) is 0 Å². The molecule has 2 fully saturated rings. The van der Waals surface area contributed by atoms with Gasteiger partial charge in [-0.3, -0.25) is 9.69 Å². The third-order valence-electron chi connectivity index (χ3n) is 7.01. The molecule has 1 aliphatic heterocycles. The Balaban J connectivity index is 1.18. The smallest absolute Gasteiger partial charge is 0.236 e. The zero-order valence-corrected chi connectivity index (χ0v) is 18.1. The van der Waals surface area contributed by atoms with Crippen LogP contribution in [0.15, 0.2) is 6.33 Å². The van der Waals surface area contributed by atoms with Crippen molar-refractivity contribution in [2.24, 2.45) is 0 Å². The molecule has 1 N–H and O–H groups in total. The van der Waals surface area contributed by atoms with E-state index in [9.17, 15) is 4.79 Å². The molecule has 3 aliphatic rings. The van der Waals surface area contributed by atoms with Gasteiger partial charge in [0.05, 0.1) is 11.9 Å². The molecule has 6 nitrogen and oxygen atoms in total. The van der Waals surface area contributed by atoms with E-state index in [0.29, 0.717) is 24.5 Å². The molecule has 7 heteroatoms. The minimum Gasteiger partial charge on any atom is -0.367 e. The average molecular weight is 414 g/mol. The summed E-state index contributed by atoms with van der Waals surface area (Å²) < 4.78 is 0. The lowest BCUT2D eigenvalue weighted by molar-refractivity contribution is -0.131. The highest BCUT2D eigenvalue weighted by Crippen LogP contribution is 2.39. The standard InChI is InChI=1S/C22H31N5OS/c1-26(13-19(28)27-11-2-3-12-27)16-9-7-15(8-10-16)25-21-20-17-5-4-6-18(17)29-22(20)24-14-23-21/h14-16H,2-13H2,1H3,(H,23,24,25). The second-order valence-corrected chi connectivity index (χ2v) is 10.00. The highest BCUT2D eigenvalue weighted by atomic mass is 32.1. The monoisotopic (exact) mass is 413 g/mol. The molecule has 0 spiro atoms. The number of thiophene rings is 1. The van der Waals surface area contributed by atoms with Crippen LogP contribution < -0.4 is 5.32 Å². The van der Waals surface area contributed by atoms with Gasteiger partial charge in [-0.05, 0) is 70.4 Å². The first-order valence-electron chi connectivity index (χ1n) is 11.2. The fourth-order valence-corrected chi connectivity index (χ4v) is 6.53. The summed E-state index contributed by atoms with van der Waals surface area (Å²) in [5, 5.41) is 5.02. The van der Waals surface area contributed by atoms with Crippen molar-refractivity contribution >= 4 is 33.3 Å². The molecule has 5 rings (SSSR count). The molecule has 3 heterocycles. The van der Waals surface area contributed by atoms with E-state index in [1.54, 1.807) is 6.33 Å². The van der Waals surface area contributed by atoms with Gasteiger partial charge < -0.3 is 10.2 Å². The molecule has 0 atom stereocenters. The number of hydrogen-bond acceptors (Lipinski definition) is 6. The average Bonchev–Trinajstić information content (AvgIpc) is 3.46. The van der Waals surface area contributed by atoms with Crippen molar-refractivity contribution in [1.29, 1.82) is 0 Å². The first-order chi connectivity index (χ1) is 14.2. The lowest BCUT2D eigenvalue weighted by Crippen LogP contribution is -2.44. The lowest BCUT2D eigenvalue weighted by Gasteiger charge is -2.35. The zero-order valence-electron chi connectivity index (χ0n) is 17.3. The Bertz CT molecular complexity index is 883. The van der Waals surface area contributed by atoms with E-state index < -0.39 is 0 Å². The van der Waals surface area contributed by atoms with Crippen molar-refractivity contribution in [1.82, 2.24) is 19.8 Å². The van der Waals surface area contributed by atoms with E-state index in [1.807, 2.05) is 16.2 Å². The number of nitrogens with one attached hydrogen (secondary N) is 1. The number of rotatable bonds is 5. The van der Waals surface area contributed by atoms with Crippen molar-refractivity contribution < 1.29 is 4.79 Å². The van der Waals surface area contributed by atoms with Crippen molar-refractivity contribution in [3.05, 3.63) is 16.8 Å². The number of aryl methyl sites for hydroxylation is 2. The summed E-state index contributed by atoms with van der Waals surface area (Å²) in [5.41, 5.74) is 1.49. The number of carbonyl (C=O) groups is 1. The van der Waals surface area contributed by atoms with Crippen LogP contribution in [0.25, 0.3) is 10.2 Å². The normalized spacial score (nSPS) is 24.4. The van der Waals surface area contributed by atoms with Crippen LogP contribution in [0.3, 0.4) is 0 Å². The first kappa shape index (κ1) is 19.2.